The Morgan fingerprint density at radius 2 is 2.26 bits per heavy atom. The summed E-state index contributed by atoms with van der Waals surface area (Å²) in [6, 6.07) is 5.68. The van der Waals surface area contributed by atoms with E-state index in [1.807, 2.05) is 18.2 Å². The highest BCUT2D eigenvalue weighted by molar-refractivity contribution is 9.10. The molecule has 0 aliphatic carbocycles. The van der Waals surface area contributed by atoms with Crippen LogP contribution in [0, 0.1) is 0 Å². The van der Waals surface area contributed by atoms with Gasteiger partial charge in [-0.05, 0) is 32.0 Å². The summed E-state index contributed by atoms with van der Waals surface area (Å²) in [4.78, 5) is 14.0. The molecule has 1 amide bonds. The monoisotopic (exact) mass is 327 g/mol. The second kappa shape index (κ2) is 5.13. The van der Waals surface area contributed by atoms with Gasteiger partial charge < -0.3 is 14.7 Å². The predicted molar refractivity (Wildman–Crippen MR) is 76.3 cm³/mol. The number of benzene rings is 1. The lowest BCUT2D eigenvalue weighted by molar-refractivity contribution is -0.134. The van der Waals surface area contributed by atoms with E-state index in [1.54, 1.807) is 25.8 Å². The van der Waals surface area contributed by atoms with Crippen molar-refractivity contribution in [2.75, 3.05) is 20.2 Å². The highest BCUT2D eigenvalue weighted by Crippen LogP contribution is 2.36. The maximum Gasteiger partial charge on any atom is 0.233 e. The third-order valence-electron chi connectivity index (χ3n) is 3.05. The zero-order chi connectivity index (χ0) is 14.2. The molecule has 0 fully saturated rings. The molecule has 1 atom stereocenters. The molecule has 0 spiro atoms. The topological polar surface area (TPSA) is 49.8 Å². The summed E-state index contributed by atoms with van der Waals surface area (Å²) in [7, 11) is 1.70. The molecule has 1 heterocycles. The molecule has 2 rings (SSSR count). The lowest BCUT2D eigenvalue weighted by Crippen LogP contribution is -2.42. The van der Waals surface area contributed by atoms with Crippen LogP contribution in [-0.4, -0.2) is 41.7 Å². The van der Waals surface area contributed by atoms with Gasteiger partial charge in [-0.3, -0.25) is 4.79 Å². The summed E-state index contributed by atoms with van der Waals surface area (Å²) in [6.45, 7) is 4.03. The summed E-state index contributed by atoms with van der Waals surface area (Å²) in [5.41, 5.74) is 0.00577. The maximum atomic E-state index is 12.4. The van der Waals surface area contributed by atoms with Crippen molar-refractivity contribution in [3.05, 3.63) is 28.2 Å². The summed E-state index contributed by atoms with van der Waals surface area (Å²) in [5.74, 6) is 0.442. The third kappa shape index (κ3) is 3.28. The second-order valence-electron chi connectivity index (χ2n) is 5.55. The van der Waals surface area contributed by atoms with Crippen molar-refractivity contribution in [3.8, 4) is 5.75 Å². The van der Waals surface area contributed by atoms with Crippen LogP contribution in [0.4, 0.5) is 0 Å². The molecule has 1 aliphatic heterocycles. The van der Waals surface area contributed by atoms with Crippen LogP contribution in [0.25, 0.3) is 0 Å². The fourth-order valence-electron chi connectivity index (χ4n) is 2.31. The quantitative estimate of drug-likeness (QED) is 0.925. The van der Waals surface area contributed by atoms with Gasteiger partial charge >= 0.3 is 0 Å². The molecule has 5 heteroatoms. The molecular formula is C14H18BrNO3. The lowest BCUT2D eigenvalue weighted by atomic mass is 9.99. The molecule has 1 aromatic rings. The Morgan fingerprint density at radius 1 is 1.58 bits per heavy atom. The smallest absolute Gasteiger partial charge is 0.233 e. The van der Waals surface area contributed by atoms with Crippen molar-refractivity contribution in [2.45, 2.75) is 25.4 Å². The first-order valence-electron chi connectivity index (χ1n) is 6.17. The Hall–Kier alpha value is -1.07. The van der Waals surface area contributed by atoms with Gasteiger partial charge in [0.05, 0.1) is 5.60 Å². The third-order valence-corrected chi connectivity index (χ3v) is 3.54. The number of hydrogen-bond acceptors (Lipinski definition) is 3. The number of halogens is 1. The zero-order valence-corrected chi connectivity index (χ0v) is 12.9. The van der Waals surface area contributed by atoms with E-state index in [0.29, 0.717) is 13.2 Å². The van der Waals surface area contributed by atoms with Crippen molar-refractivity contribution < 1.29 is 14.6 Å². The van der Waals surface area contributed by atoms with Crippen LogP contribution in [-0.2, 0) is 4.79 Å². The second-order valence-corrected chi connectivity index (χ2v) is 6.47. The standard InChI is InChI=1S/C14H18BrNO3/c1-14(2,18)8-16(3)13(17)11-7-19-12-5-4-9(15)6-10(11)12/h4-6,11,18H,7-8H2,1-3H3. The van der Waals surface area contributed by atoms with Gasteiger partial charge in [0, 0.05) is 23.6 Å². The van der Waals surface area contributed by atoms with Crippen LogP contribution in [0.3, 0.4) is 0 Å². The van der Waals surface area contributed by atoms with Crippen LogP contribution in [0.2, 0.25) is 0 Å². The highest BCUT2D eigenvalue weighted by Gasteiger charge is 2.33. The number of carbonyl (C=O) groups is 1. The van der Waals surface area contributed by atoms with Crippen LogP contribution in [0.15, 0.2) is 22.7 Å². The van der Waals surface area contributed by atoms with Gasteiger partial charge in [-0.1, -0.05) is 15.9 Å². The Bertz CT molecular complexity index is 496. The average Bonchev–Trinajstić information content (AvgIpc) is 2.68. The summed E-state index contributed by atoms with van der Waals surface area (Å²) in [5, 5.41) is 9.79. The van der Waals surface area contributed by atoms with Crippen molar-refractivity contribution in [1.82, 2.24) is 4.90 Å². The molecular weight excluding hydrogens is 310 g/mol. The minimum absolute atomic E-state index is 0.0287. The maximum absolute atomic E-state index is 12.4. The van der Waals surface area contributed by atoms with E-state index in [-0.39, 0.29) is 11.8 Å². The van der Waals surface area contributed by atoms with Crippen molar-refractivity contribution in [1.29, 1.82) is 0 Å². The molecule has 1 aromatic carbocycles. The molecule has 4 nitrogen and oxygen atoms in total. The van der Waals surface area contributed by atoms with E-state index in [2.05, 4.69) is 15.9 Å². The van der Waals surface area contributed by atoms with Gasteiger partial charge in [0.2, 0.25) is 5.91 Å². The van der Waals surface area contributed by atoms with Crippen LogP contribution in [0.1, 0.15) is 25.3 Å². The molecule has 0 aromatic heterocycles. The minimum Gasteiger partial charge on any atom is -0.492 e. The lowest BCUT2D eigenvalue weighted by Gasteiger charge is -2.27. The molecule has 1 unspecified atom stereocenters. The Kier molecular flexibility index (Phi) is 3.87. The molecule has 1 aliphatic rings. The molecule has 19 heavy (non-hydrogen) atoms. The molecule has 0 bridgehead atoms. The van der Waals surface area contributed by atoms with E-state index < -0.39 is 5.60 Å². The van der Waals surface area contributed by atoms with Crippen molar-refractivity contribution >= 4 is 21.8 Å². The number of fused-ring (bicyclic) bond motifs is 1. The van der Waals surface area contributed by atoms with E-state index in [9.17, 15) is 9.90 Å². The van der Waals surface area contributed by atoms with Gasteiger partial charge in [0.25, 0.3) is 0 Å². The number of carbonyl (C=O) groups excluding carboxylic acids is 1. The number of aliphatic hydroxyl groups is 1. The van der Waals surface area contributed by atoms with Crippen LogP contribution in [0.5, 0.6) is 5.75 Å². The Labute approximate surface area is 121 Å². The molecule has 0 saturated carbocycles. The van der Waals surface area contributed by atoms with Crippen molar-refractivity contribution in [2.24, 2.45) is 0 Å². The van der Waals surface area contributed by atoms with Gasteiger partial charge in [-0.25, -0.2) is 0 Å². The largest absolute Gasteiger partial charge is 0.492 e. The van der Waals surface area contributed by atoms with E-state index in [0.717, 1.165) is 15.8 Å². The zero-order valence-electron chi connectivity index (χ0n) is 11.3. The summed E-state index contributed by atoms with van der Waals surface area (Å²) < 4.78 is 6.47. The molecule has 0 radical (unpaired) electrons. The highest BCUT2D eigenvalue weighted by atomic mass is 79.9. The van der Waals surface area contributed by atoms with Gasteiger partial charge in [0.1, 0.15) is 18.3 Å². The Balaban J connectivity index is 2.17. The summed E-state index contributed by atoms with van der Waals surface area (Å²) in [6.07, 6.45) is 0. The van der Waals surface area contributed by atoms with E-state index >= 15 is 0 Å². The SMILES string of the molecule is CN(CC(C)(C)O)C(=O)C1COc2ccc(Br)cc21. The number of hydrogen-bond donors (Lipinski definition) is 1. The number of rotatable bonds is 3. The van der Waals surface area contributed by atoms with Crippen molar-refractivity contribution in [3.63, 3.8) is 0 Å². The van der Waals surface area contributed by atoms with Crippen LogP contribution >= 0.6 is 15.9 Å². The average molecular weight is 328 g/mol. The first kappa shape index (κ1) is 14.3. The molecule has 1 N–H and O–H groups in total. The normalized spacial score (nSPS) is 17.8. The number of amides is 1. The van der Waals surface area contributed by atoms with E-state index in [1.165, 1.54) is 0 Å². The Morgan fingerprint density at radius 3 is 2.89 bits per heavy atom. The molecule has 0 saturated heterocycles. The van der Waals surface area contributed by atoms with Gasteiger partial charge in [0.15, 0.2) is 0 Å². The van der Waals surface area contributed by atoms with Crippen LogP contribution < -0.4 is 4.74 Å². The first-order valence-corrected chi connectivity index (χ1v) is 6.97. The minimum atomic E-state index is -0.899. The number of ether oxygens (including phenoxy) is 1. The molecule has 104 valence electrons. The fraction of sp³-hybridized carbons (Fsp3) is 0.500. The van der Waals surface area contributed by atoms with Gasteiger partial charge in [-0.15, -0.1) is 0 Å². The predicted octanol–water partition coefficient (Wildman–Crippen LogP) is 2.15. The fourth-order valence-corrected chi connectivity index (χ4v) is 2.69. The van der Waals surface area contributed by atoms with Gasteiger partial charge in [-0.2, -0.15) is 0 Å². The number of nitrogens with zero attached hydrogens (tertiary/aromatic N) is 1. The summed E-state index contributed by atoms with van der Waals surface area (Å²) >= 11 is 3.41. The number of likely N-dealkylation sites (N-methyl/N-ethyl adjacent to an activating group) is 1. The van der Waals surface area contributed by atoms with E-state index in [4.69, 9.17) is 4.74 Å². The first-order chi connectivity index (χ1) is 8.78.